The van der Waals surface area contributed by atoms with Crippen LogP contribution in [-0.2, 0) is 17.8 Å². The first kappa shape index (κ1) is 18.8. The van der Waals surface area contributed by atoms with Gasteiger partial charge >= 0.3 is 0 Å². The van der Waals surface area contributed by atoms with Gasteiger partial charge in [0.1, 0.15) is 0 Å². The van der Waals surface area contributed by atoms with Crippen molar-refractivity contribution in [3.05, 3.63) is 57.6 Å². The number of hydrogen-bond acceptors (Lipinski definition) is 4. The van der Waals surface area contributed by atoms with Gasteiger partial charge in [-0.3, -0.25) is 9.69 Å². The first-order valence-electron chi connectivity index (χ1n) is 8.29. The summed E-state index contributed by atoms with van der Waals surface area (Å²) in [7, 11) is 1.90. The summed E-state index contributed by atoms with van der Waals surface area (Å²) in [5.74, 6) is 1.48. The van der Waals surface area contributed by atoms with Crippen LogP contribution in [-0.4, -0.2) is 37.7 Å². The number of halogens is 2. The second kappa shape index (κ2) is 8.62. The minimum Gasteiger partial charge on any atom is -0.454 e. The van der Waals surface area contributed by atoms with E-state index in [1.54, 1.807) is 12.1 Å². The Balaban J connectivity index is 1.42. The molecule has 1 N–H and O–H groups in total. The number of hydrogen-bond donors (Lipinski definition) is 1. The smallest absolute Gasteiger partial charge is 0.234 e. The Hall–Kier alpha value is -1.95. The van der Waals surface area contributed by atoms with Crippen LogP contribution in [0.15, 0.2) is 36.4 Å². The van der Waals surface area contributed by atoms with Crippen LogP contribution >= 0.6 is 23.2 Å². The highest BCUT2D eigenvalue weighted by Gasteiger charge is 2.14. The zero-order valence-corrected chi connectivity index (χ0v) is 15.9. The summed E-state index contributed by atoms with van der Waals surface area (Å²) in [5, 5.41) is 4.14. The molecule has 0 bridgehead atoms. The summed E-state index contributed by atoms with van der Waals surface area (Å²) in [4.78, 5) is 14.1. The number of benzene rings is 2. The van der Waals surface area contributed by atoms with Crippen molar-refractivity contribution in [1.29, 1.82) is 0 Å². The fraction of sp³-hybridized carbons (Fsp3) is 0.316. The molecule has 0 unspecified atom stereocenters. The van der Waals surface area contributed by atoms with Crippen molar-refractivity contribution in [3.8, 4) is 11.5 Å². The van der Waals surface area contributed by atoms with E-state index in [1.807, 2.05) is 36.2 Å². The number of ether oxygens (including phenoxy) is 2. The zero-order chi connectivity index (χ0) is 18.5. The van der Waals surface area contributed by atoms with Crippen molar-refractivity contribution in [2.45, 2.75) is 13.0 Å². The molecule has 0 spiro atoms. The second-order valence-electron chi connectivity index (χ2n) is 6.20. The highest BCUT2D eigenvalue weighted by Crippen LogP contribution is 2.32. The lowest BCUT2D eigenvalue weighted by atomic mass is 10.1. The molecule has 7 heteroatoms. The molecule has 0 atom stereocenters. The fourth-order valence-corrected chi connectivity index (χ4v) is 3.27. The van der Waals surface area contributed by atoms with E-state index in [1.165, 1.54) is 0 Å². The van der Waals surface area contributed by atoms with Crippen LogP contribution in [0, 0.1) is 0 Å². The lowest BCUT2D eigenvalue weighted by molar-refractivity contribution is -0.122. The van der Waals surface area contributed by atoms with Crippen molar-refractivity contribution in [2.24, 2.45) is 0 Å². The van der Waals surface area contributed by atoms with Gasteiger partial charge in [-0.25, -0.2) is 0 Å². The van der Waals surface area contributed by atoms with Crippen LogP contribution in [0.5, 0.6) is 11.5 Å². The molecule has 1 amide bonds. The molecule has 3 rings (SSSR count). The number of nitrogens with zero attached hydrogens (tertiary/aromatic N) is 1. The molecule has 1 aliphatic rings. The average molecular weight is 395 g/mol. The predicted molar refractivity (Wildman–Crippen MR) is 102 cm³/mol. The van der Waals surface area contributed by atoms with Crippen molar-refractivity contribution in [1.82, 2.24) is 10.2 Å². The van der Waals surface area contributed by atoms with Crippen molar-refractivity contribution >= 4 is 29.1 Å². The van der Waals surface area contributed by atoms with Gasteiger partial charge in [-0.15, -0.1) is 0 Å². The van der Waals surface area contributed by atoms with Gasteiger partial charge < -0.3 is 14.8 Å². The summed E-state index contributed by atoms with van der Waals surface area (Å²) in [6.07, 6.45) is 0.660. The van der Waals surface area contributed by atoms with Crippen LogP contribution in [0.3, 0.4) is 0 Å². The molecule has 138 valence electrons. The Morgan fingerprint density at radius 1 is 1.15 bits per heavy atom. The molecule has 0 fully saturated rings. The van der Waals surface area contributed by atoms with Crippen molar-refractivity contribution < 1.29 is 14.3 Å². The quantitative estimate of drug-likeness (QED) is 0.780. The fourth-order valence-electron chi connectivity index (χ4n) is 2.77. The molecule has 0 radical (unpaired) electrons. The molecule has 1 heterocycles. The highest BCUT2D eigenvalue weighted by molar-refractivity contribution is 6.35. The highest BCUT2D eigenvalue weighted by atomic mass is 35.5. The molecule has 26 heavy (non-hydrogen) atoms. The van der Waals surface area contributed by atoms with E-state index in [4.69, 9.17) is 32.7 Å². The Morgan fingerprint density at radius 2 is 1.96 bits per heavy atom. The molecule has 0 saturated heterocycles. The lowest BCUT2D eigenvalue weighted by Gasteiger charge is -2.16. The SMILES string of the molecule is CN(CC(=O)NCCc1ccc(Cl)cc1Cl)Cc1ccc2c(c1)OCO2. The van der Waals surface area contributed by atoms with E-state index >= 15 is 0 Å². The lowest BCUT2D eigenvalue weighted by Crippen LogP contribution is -2.35. The molecule has 0 saturated carbocycles. The number of amides is 1. The standard InChI is InChI=1S/C19H20Cl2N2O3/c1-23(10-13-2-5-17-18(8-13)26-12-25-17)11-19(24)22-7-6-14-3-4-15(20)9-16(14)21/h2-5,8-9H,6-7,10-12H2,1H3,(H,22,24). The monoisotopic (exact) mass is 394 g/mol. The van der Waals surface area contributed by atoms with Crippen molar-refractivity contribution in [3.63, 3.8) is 0 Å². The number of nitrogens with one attached hydrogen (secondary N) is 1. The van der Waals surface area contributed by atoms with Crippen LogP contribution in [0.1, 0.15) is 11.1 Å². The number of rotatable bonds is 7. The normalized spacial score (nSPS) is 12.5. The molecule has 1 aliphatic heterocycles. The molecule has 5 nitrogen and oxygen atoms in total. The third kappa shape index (κ3) is 5.04. The maximum Gasteiger partial charge on any atom is 0.234 e. The zero-order valence-electron chi connectivity index (χ0n) is 14.4. The third-order valence-corrected chi connectivity index (χ3v) is 4.62. The molecule has 0 aliphatic carbocycles. The summed E-state index contributed by atoms with van der Waals surface area (Å²) in [6, 6.07) is 11.2. The first-order valence-corrected chi connectivity index (χ1v) is 9.04. The largest absolute Gasteiger partial charge is 0.454 e. The number of likely N-dealkylation sites (N-methyl/N-ethyl adjacent to an activating group) is 1. The van der Waals surface area contributed by atoms with Gasteiger partial charge in [0, 0.05) is 23.1 Å². The van der Waals surface area contributed by atoms with Gasteiger partial charge in [-0.1, -0.05) is 35.3 Å². The Bertz CT molecular complexity index is 798. The summed E-state index contributed by atoms with van der Waals surface area (Å²) >= 11 is 12.0. The van der Waals surface area contributed by atoms with E-state index in [9.17, 15) is 4.79 Å². The maximum atomic E-state index is 12.1. The van der Waals surface area contributed by atoms with E-state index in [0.29, 0.717) is 36.1 Å². The molecular formula is C19H20Cl2N2O3. The van der Waals surface area contributed by atoms with E-state index < -0.39 is 0 Å². The Morgan fingerprint density at radius 3 is 2.77 bits per heavy atom. The number of carbonyl (C=O) groups is 1. The van der Waals surface area contributed by atoms with Crippen LogP contribution in [0.4, 0.5) is 0 Å². The molecule has 0 aromatic heterocycles. The van der Waals surface area contributed by atoms with Gasteiger partial charge in [0.05, 0.1) is 6.54 Å². The third-order valence-electron chi connectivity index (χ3n) is 4.03. The predicted octanol–water partition coefficient (Wildman–Crippen LogP) is 3.51. The van der Waals surface area contributed by atoms with Gasteiger partial charge in [0.2, 0.25) is 12.7 Å². The summed E-state index contributed by atoms with van der Waals surface area (Å²) in [6.45, 7) is 1.74. The first-order chi connectivity index (χ1) is 12.5. The van der Waals surface area contributed by atoms with E-state index in [2.05, 4.69) is 5.32 Å². The van der Waals surface area contributed by atoms with Gasteiger partial charge in [0.15, 0.2) is 11.5 Å². The van der Waals surface area contributed by atoms with Gasteiger partial charge in [-0.05, 0) is 48.9 Å². The van der Waals surface area contributed by atoms with E-state index in [0.717, 1.165) is 22.6 Å². The molecular weight excluding hydrogens is 375 g/mol. The average Bonchev–Trinajstić information content (AvgIpc) is 3.04. The topological polar surface area (TPSA) is 50.8 Å². The minimum absolute atomic E-state index is 0.0293. The van der Waals surface area contributed by atoms with Crippen LogP contribution < -0.4 is 14.8 Å². The van der Waals surface area contributed by atoms with Gasteiger partial charge in [0.25, 0.3) is 0 Å². The second-order valence-corrected chi connectivity index (χ2v) is 7.04. The van der Waals surface area contributed by atoms with Crippen molar-refractivity contribution in [2.75, 3.05) is 26.9 Å². The summed E-state index contributed by atoms with van der Waals surface area (Å²) < 4.78 is 10.7. The Kier molecular flexibility index (Phi) is 6.25. The number of carbonyl (C=O) groups excluding carboxylic acids is 1. The van der Waals surface area contributed by atoms with Crippen LogP contribution in [0.2, 0.25) is 10.0 Å². The van der Waals surface area contributed by atoms with Crippen LogP contribution in [0.25, 0.3) is 0 Å². The number of fused-ring (bicyclic) bond motifs is 1. The Labute approximate surface area is 162 Å². The molecule has 2 aromatic carbocycles. The minimum atomic E-state index is -0.0293. The van der Waals surface area contributed by atoms with Gasteiger partial charge in [-0.2, -0.15) is 0 Å². The van der Waals surface area contributed by atoms with E-state index in [-0.39, 0.29) is 12.7 Å². The maximum absolute atomic E-state index is 12.1. The molecule has 2 aromatic rings. The summed E-state index contributed by atoms with van der Waals surface area (Å²) in [5.41, 5.74) is 2.03.